The highest BCUT2D eigenvalue weighted by Crippen LogP contribution is 2.16. The number of aryl methyl sites for hydroxylation is 1. The van der Waals surface area contributed by atoms with Crippen molar-refractivity contribution < 1.29 is 19.5 Å². The number of benzene rings is 1. The van der Waals surface area contributed by atoms with E-state index in [1.165, 1.54) is 0 Å². The quantitative estimate of drug-likeness (QED) is 0.770. The van der Waals surface area contributed by atoms with Gasteiger partial charge in [0.05, 0.1) is 6.33 Å². The summed E-state index contributed by atoms with van der Waals surface area (Å²) in [6, 6.07) is 9.36. The largest absolute Gasteiger partial charge is 0.483 e. The zero-order valence-electron chi connectivity index (χ0n) is 15.3. The SMILES string of the molecule is C[C@@H]1C(=O)N(Cc2ccccc2)CC(=O)N1CCCn1ccnc1.O=CO. The lowest BCUT2D eigenvalue weighted by atomic mass is 10.1. The number of carbonyl (C=O) groups is 3. The van der Waals surface area contributed by atoms with Gasteiger partial charge >= 0.3 is 0 Å². The van der Waals surface area contributed by atoms with Gasteiger partial charge in [-0.2, -0.15) is 0 Å². The number of amides is 2. The van der Waals surface area contributed by atoms with Crippen LogP contribution in [0.15, 0.2) is 49.1 Å². The lowest BCUT2D eigenvalue weighted by Gasteiger charge is -2.38. The van der Waals surface area contributed by atoms with Crippen LogP contribution in [0.2, 0.25) is 0 Å². The van der Waals surface area contributed by atoms with Crippen molar-refractivity contribution in [3.63, 3.8) is 0 Å². The van der Waals surface area contributed by atoms with E-state index in [2.05, 4.69) is 4.98 Å². The van der Waals surface area contributed by atoms with Crippen LogP contribution in [0.1, 0.15) is 18.9 Å². The maximum absolute atomic E-state index is 12.6. The van der Waals surface area contributed by atoms with Crippen LogP contribution in [0.3, 0.4) is 0 Å². The average Bonchev–Trinajstić information content (AvgIpc) is 3.17. The van der Waals surface area contributed by atoms with Crippen LogP contribution in [0.4, 0.5) is 0 Å². The van der Waals surface area contributed by atoms with E-state index in [9.17, 15) is 9.59 Å². The minimum atomic E-state index is -0.405. The molecule has 3 rings (SSSR count). The van der Waals surface area contributed by atoms with E-state index in [1.54, 1.807) is 22.3 Å². The topological polar surface area (TPSA) is 95.7 Å². The van der Waals surface area contributed by atoms with Crippen LogP contribution in [0.5, 0.6) is 0 Å². The van der Waals surface area contributed by atoms with Gasteiger partial charge in [0.25, 0.3) is 6.47 Å². The van der Waals surface area contributed by atoms with E-state index < -0.39 is 6.04 Å². The van der Waals surface area contributed by atoms with Crippen molar-refractivity contribution >= 4 is 18.3 Å². The normalized spacial score (nSPS) is 16.7. The smallest absolute Gasteiger partial charge is 0.290 e. The summed E-state index contributed by atoms with van der Waals surface area (Å²) in [4.78, 5) is 40.8. The summed E-state index contributed by atoms with van der Waals surface area (Å²) in [6.07, 6.45) is 6.19. The molecule has 1 atom stereocenters. The molecule has 27 heavy (non-hydrogen) atoms. The van der Waals surface area contributed by atoms with E-state index in [0.717, 1.165) is 18.5 Å². The first-order chi connectivity index (χ1) is 13.1. The summed E-state index contributed by atoms with van der Waals surface area (Å²) in [6.45, 7) is 3.58. The van der Waals surface area contributed by atoms with Gasteiger partial charge in [0.1, 0.15) is 12.6 Å². The van der Waals surface area contributed by atoms with E-state index in [1.807, 2.05) is 48.0 Å². The van der Waals surface area contributed by atoms with E-state index in [0.29, 0.717) is 13.1 Å². The lowest BCUT2D eigenvalue weighted by molar-refractivity contribution is -0.155. The van der Waals surface area contributed by atoms with Crippen LogP contribution in [-0.2, 0) is 27.5 Å². The summed E-state index contributed by atoms with van der Waals surface area (Å²) in [7, 11) is 0. The second-order valence-corrected chi connectivity index (χ2v) is 6.20. The number of rotatable bonds is 6. The van der Waals surface area contributed by atoms with Crippen molar-refractivity contribution in [2.45, 2.75) is 32.5 Å². The van der Waals surface area contributed by atoms with Crippen molar-refractivity contribution in [2.24, 2.45) is 0 Å². The second-order valence-electron chi connectivity index (χ2n) is 6.20. The predicted molar refractivity (Wildman–Crippen MR) is 98.6 cm³/mol. The first-order valence-corrected chi connectivity index (χ1v) is 8.72. The summed E-state index contributed by atoms with van der Waals surface area (Å²) in [5.41, 5.74) is 1.04. The summed E-state index contributed by atoms with van der Waals surface area (Å²) in [5, 5.41) is 6.89. The van der Waals surface area contributed by atoms with Crippen molar-refractivity contribution in [1.29, 1.82) is 0 Å². The van der Waals surface area contributed by atoms with Gasteiger partial charge in [-0.1, -0.05) is 30.3 Å². The van der Waals surface area contributed by atoms with Gasteiger partial charge in [-0.3, -0.25) is 14.4 Å². The van der Waals surface area contributed by atoms with E-state index in [4.69, 9.17) is 9.90 Å². The van der Waals surface area contributed by atoms with Crippen molar-refractivity contribution in [1.82, 2.24) is 19.4 Å². The Balaban J connectivity index is 0.000000817. The molecule has 1 N–H and O–H groups in total. The van der Waals surface area contributed by atoms with Crippen LogP contribution >= 0.6 is 0 Å². The van der Waals surface area contributed by atoms with E-state index >= 15 is 0 Å². The molecule has 2 aromatic rings. The van der Waals surface area contributed by atoms with Gasteiger partial charge in [-0.05, 0) is 18.9 Å². The molecule has 1 aromatic carbocycles. The van der Waals surface area contributed by atoms with Crippen LogP contribution < -0.4 is 0 Å². The van der Waals surface area contributed by atoms with Gasteiger partial charge in [-0.25, -0.2) is 4.98 Å². The molecule has 0 aliphatic carbocycles. The second kappa shape index (κ2) is 10.1. The Labute approximate surface area is 158 Å². The summed E-state index contributed by atoms with van der Waals surface area (Å²) < 4.78 is 1.97. The van der Waals surface area contributed by atoms with Crippen LogP contribution in [0.25, 0.3) is 0 Å². The summed E-state index contributed by atoms with van der Waals surface area (Å²) >= 11 is 0. The van der Waals surface area contributed by atoms with Gasteiger partial charge in [0, 0.05) is 32.0 Å². The third-order valence-corrected chi connectivity index (χ3v) is 4.37. The number of imidazole rings is 1. The first kappa shape index (κ1) is 20.2. The Morgan fingerprint density at radius 1 is 1.22 bits per heavy atom. The third kappa shape index (κ3) is 5.67. The molecule has 0 saturated carbocycles. The van der Waals surface area contributed by atoms with Gasteiger partial charge in [0.2, 0.25) is 11.8 Å². The number of carbonyl (C=O) groups excluding carboxylic acids is 2. The van der Waals surface area contributed by atoms with Crippen molar-refractivity contribution in [2.75, 3.05) is 13.1 Å². The molecule has 0 radical (unpaired) electrons. The molecule has 8 heteroatoms. The molecule has 1 aliphatic rings. The van der Waals surface area contributed by atoms with Crippen LogP contribution in [-0.4, -0.2) is 61.9 Å². The Kier molecular flexibility index (Phi) is 7.54. The van der Waals surface area contributed by atoms with E-state index in [-0.39, 0.29) is 24.8 Å². The zero-order valence-corrected chi connectivity index (χ0v) is 15.3. The predicted octanol–water partition coefficient (Wildman–Crippen LogP) is 1.23. The van der Waals surface area contributed by atoms with Crippen molar-refractivity contribution in [3.05, 3.63) is 54.6 Å². The molecule has 0 bridgehead atoms. The molecule has 2 heterocycles. The minimum Gasteiger partial charge on any atom is -0.483 e. The summed E-state index contributed by atoms with van der Waals surface area (Å²) in [5.74, 6) is 0.0322. The number of hydrogen-bond acceptors (Lipinski definition) is 4. The highest BCUT2D eigenvalue weighted by Gasteiger charge is 2.35. The fourth-order valence-corrected chi connectivity index (χ4v) is 3.04. The molecule has 1 saturated heterocycles. The molecule has 0 unspecified atom stereocenters. The fourth-order valence-electron chi connectivity index (χ4n) is 3.04. The number of piperazine rings is 1. The van der Waals surface area contributed by atoms with Gasteiger partial charge in [0.15, 0.2) is 0 Å². The fraction of sp³-hybridized carbons (Fsp3) is 0.368. The highest BCUT2D eigenvalue weighted by atomic mass is 16.3. The monoisotopic (exact) mass is 372 g/mol. The number of aromatic nitrogens is 2. The molecular weight excluding hydrogens is 348 g/mol. The number of nitrogens with zero attached hydrogens (tertiary/aromatic N) is 4. The van der Waals surface area contributed by atoms with Crippen LogP contribution in [0, 0.1) is 0 Å². The maximum atomic E-state index is 12.6. The zero-order chi connectivity index (χ0) is 19.6. The Hall–Kier alpha value is -3.16. The molecular formula is C19H24N4O4. The highest BCUT2D eigenvalue weighted by molar-refractivity contribution is 5.94. The Morgan fingerprint density at radius 2 is 1.93 bits per heavy atom. The molecule has 1 aliphatic heterocycles. The standard InChI is InChI=1S/C18H22N4O2.CH2O2/c1-15-18(24)21(12-16-6-3-2-4-7-16)13-17(23)22(15)10-5-9-20-11-8-19-14-20;2-1-3/h2-4,6-8,11,14-15H,5,9-10,12-13H2,1H3;1H,(H,2,3)/t15-;/m1./s1. The number of hydrogen-bond donors (Lipinski definition) is 1. The third-order valence-electron chi connectivity index (χ3n) is 4.37. The van der Waals surface area contributed by atoms with Gasteiger partial charge < -0.3 is 19.5 Å². The average molecular weight is 372 g/mol. The molecule has 1 fully saturated rings. The Bertz CT molecular complexity index is 733. The first-order valence-electron chi connectivity index (χ1n) is 8.72. The van der Waals surface area contributed by atoms with Gasteiger partial charge in [-0.15, -0.1) is 0 Å². The lowest BCUT2D eigenvalue weighted by Crippen LogP contribution is -2.58. The molecule has 2 amide bonds. The number of carboxylic acid groups (broad SMARTS) is 1. The Morgan fingerprint density at radius 3 is 2.56 bits per heavy atom. The molecule has 8 nitrogen and oxygen atoms in total. The van der Waals surface area contributed by atoms with Crippen molar-refractivity contribution in [3.8, 4) is 0 Å². The molecule has 0 spiro atoms. The molecule has 1 aromatic heterocycles. The molecule has 144 valence electrons. The minimum absolute atomic E-state index is 0.0149. The maximum Gasteiger partial charge on any atom is 0.290 e.